The van der Waals surface area contributed by atoms with Crippen LogP contribution >= 0.6 is 0 Å². The van der Waals surface area contributed by atoms with Gasteiger partial charge < -0.3 is 15.8 Å². The molecule has 0 bridgehead atoms. The topological polar surface area (TPSA) is 96.1 Å². The zero-order chi connectivity index (χ0) is 12.5. The Labute approximate surface area is 102 Å². The minimum Gasteiger partial charge on any atom is -0.396 e. The van der Waals surface area contributed by atoms with Crippen molar-refractivity contribution in [3.05, 3.63) is 12.4 Å². The summed E-state index contributed by atoms with van der Waals surface area (Å²) in [5, 5.41) is 12.2. The number of aromatic nitrogens is 2. The highest BCUT2D eigenvalue weighted by Gasteiger charge is 2.07. The van der Waals surface area contributed by atoms with Crippen LogP contribution in [0, 0.1) is 5.92 Å². The molecule has 0 aliphatic carbocycles. The van der Waals surface area contributed by atoms with Crippen LogP contribution in [0.3, 0.4) is 0 Å². The lowest BCUT2D eigenvalue weighted by molar-refractivity contribution is 0.255. The van der Waals surface area contributed by atoms with Gasteiger partial charge in [-0.25, -0.2) is 15.8 Å². The largest absolute Gasteiger partial charge is 0.396 e. The number of hydrogen-bond acceptors (Lipinski definition) is 6. The van der Waals surface area contributed by atoms with Gasteiger partial charge in [0.1, 0.15) is 18.0 Å². The van der Waals surface area contributed by atoms with E-state index in [1.165, 1.54) is 6.33 Å². The fraction of sp³-hybridized carbons (Fsp3) is 0.636. The number of aliphatic hydroxyl groups excluding tert-OH is 1. The van der Waals surface area contributed by atoms with Gasteiger partial charge in [-0.3, -0.25) is 0 Å². The second kappa shape index (κ2) is 7.81. The Bertz CT molecular complexity index is 314. The molecule has 0 spiro atoms. The van der Waals surface area contributed by atoms with Crippen LogP contribution in [0.1, 0.15) is 26.2 Å². The lowest BCUT2D eigenvalue weighted by atomic mass is 10.0. The van der Waals surface area contributed by atoms with Crippen molar-refractivity contribution >= 4 is 11.6 Å². The first kappa shape index (κ1) is 13.7. The first-order chi connectivity index (χ1) is 8.30. The summed E-state index contributed by atoms with van der Waals surface area (Å²) in [6.45, 7) is 3.17. The summed E-state index contributed by atoms with van der Waals surface area (Å²) in [6, 6.07) is 1.75. The summed E-state index contributed by atoms with van der Waals surface area (Å²) in [7, 11) is 0. The Kier molecular flexibility index (Phi) is 6.27. The molecule has 96 valence electrons. The van der Waals surface area contributed by atoms with E-state index in [0.717, 1.165) is 31.6 Å². The third-order valence-electron chi connectivity index (χ3n) is 2.62. The van der Waals surface area contributed by atoms with Crippen LogP contribution in [0.25, 0.3) is 0 Å². The van der Waals surface area contributed by atoms with Gasteiger partial charge in [0.05, 0.1) is 0 Å². The number of hydrazine groups is 1. The van der Waals surface area contributed by atoms with Gasteiger partial charge in [0.15, 0.2) is 0 Å². The third-order valence-corrected chi connectivity index (χ3v) is 2.62. The molecule has 0 aliphatic heterocycles. The van der Waals surface area contributed by atoms with Crippen molar-refractivity contribution in [3.8, 4) is 0 Å². The molecule has 1 unspecified atom stereocenters. The summed E-state index contributed by atoms with van der Waals surface area (Å²) in [5.41, 5.74) is 2.47. The van der Waals surface area contributed by atoms with Crippen LogP contribution in [0.4, 0.5) is 11.6 Å². The average molecular weight is 239 g/mol. The number of anilines is 2. The van der Waals surface area contributed by atoms with Gasteiger partial charge in [-0.05, 0) is 18.8 Å². The second-order valence-corrected chi connectivity index (χ2v) is 3.98. The molecule has 1 aromatic heterocycles. The third kappa shape index (κ3) is 4.97. The number of nitrogens with two attached hydrogens (primary N) is 1. The summed E-state index contributed by atoms with van der Waals surface area (Å²) in [5.74, 6) is 7.06. The summed E-state index contributed by atoms with van der Waals surface area (Å²) < 4.78 is 0. The van der Waals surface area contributed by atoms with Gasteiger partial charge in [0.2, 0.25) is 0 Å². The van der Waals surface area contributed by atoms with E-state index in [4.69, 9.17) is 10.9 Å². The first-order valence-corrected chi connectivity index (χ1v) is 5.93. The lowest BCUT2D eigenvalue weighted by Crippen LogP contribution is -2.17. The predicted molar refractivity (Wildman–Crippen MR) is 68.4 cm³/mol. The predicted octanol–water partition coefficient (Wildman–Crippen LogP) is 0.973. The van der Waals surface area contributed by atoms with Crippen LogP contribution < -0.4 is 16.6 Å². The molecule has 0 radical (unpaired) electrons. The molecule has 6 nitrogen and oxygen atoms in total. The van der Waals surface area contributed by atoms with Gasteiger partial charge >= 0.3 is 0 Å². The second-order valence-electron chi connectivity index (χ2n) is 3.98. The molecule has 0 fully saturated rings. The molecule has 1 rings (SSSR count). The van der Waals surface area contributed by atoms with Crippen molar-refractivity contribution in [1.29, 1.82) is 0 Å². The normalized spacial score (nSPS) is 12.2. The highest BCUT2D eigenvalue weighted by atomic mass is 16.3. The van der Waals surface area contributed by atoms with Gasteiger partial charge in [-0.15, -0.1) is 0 Å². The fourth-order valence-electron chi connectivity index (χ4n) is 1.72. The number of hydrogen-bond donors (Lipinski definition) is 4. The zero-order valence-corrected chi connectivity index (χ0v) is 10.2. The van der Waals surface area contributed by atoms with Crippen LogP contribution in [-0.4, -0.2) is 28.2 Å². The van der Waals surface area contributed by atoms with Crippen LogP contribution in [0.15, 0.2) is 12.4 Å². The molecule has 6 heteroatoms. The van der Waals surface area contributed by atoms with E-state index in [9.17, 15) is 0 Å². The van der Waals surface area contributed by atoms with Gasteiger partial charge in [0, 0.05) is 19.2 Å². The summed E-state index contributed by atoms with van der Waals surface area (Å²) >= 11 is 0. The van der Waals surface area contributed by atoms with E-state index in [2.05, 4.69) is 27.6 Å². The Morgan fingerprint density at radius 2 is 2.12 bits per heavy atom. The maximum atomic E-state index is 8.96. The van der Waals surface area contributed by atoms with E-state index >= 15 is 0 Å². The van der Waals surface area contributed by atoms with Crippen LogP contribution in [0.2, 0.25) is 0 Å². The molecule has 0 saturated carbocycles. The fourth-order valence-corrected chi connectivity index (χ4v) is 1.72. The van der Waals surface area contributed by atoms with Crippen LogP contribution in [0.5, 0.6) is 0 Å². The maximum Gasteiger partial charge on any atom is 0.145 e. The van der Waals surface area contributed by atoms with Gasteiger partial charge in [0.25, 0.3) is 0 Å². The zero-order valence-electron chi connectivity index (χ0n) is 10.2. The molecule has 5 N–H and O–H groups in total. The number of aliphatic hydroxyl groups is 1. The first-order valence-electron chi connectivity index (χ1n) is 5.93. The minimum atomic E-state index is 0.228. The molecular formula is C11H21N5O. The van der Waals surface area contributed by atoms with Gasteiger partial charge in [-0.1, -0.05) is 13.3 Å². The molecule has 1 aromatic rings. The monoisotopic (exact) mass is 239 g/mol. The van der Waals surface area contributed by atoms with Crippen molar-refractivity contribution in [3.63, 3.8) is 0 Å². The van der Waals surface area contributed by atoms with E-state index < -0.39 is 0 Å². The maximum absolute atomic E-state index is 8.96. The number of nitrogens with zero attached hydrogens (tertiary/aromatic N) is 2. The van der Waals surface area contributed by atoms with E-state index in [0.29, 0.717) is 11.7 Å². The molecular weight excluding hydrogens is 218 g/mol. The van der Waals surface area contributed by atoms with Crippen molar-refractivity contribution in [2.24, 2.45) is 11.8 Å². The SMILES string of the molecule is CCCC(CCO)CNc1cc(NN)ncn1. The Morgan fingerprint density at radius 1 is 1.35 bits per heavy atom. The molecule has 0 aromatic carbocycles. The number of nitrogens with one attached hydrogen (secondary N) is 2. The van der Waals surface area contributed by atoms with Crippen molar-refractivity contribution < 1.29 is 5.11 Å². The summed E-state index contributed by atoms with van der Waals surface area (Å²) in [6.07, 6.45) is 4.48. The van der Waals surface area contributed by atoms with Crippen molar-refractivity contribution in [2.75, 3.05) is 23.9 Å². The molecule has 17 heavy (non-hydrogen) atoms. The Balaban J connectivity index is 2.46. The number of rotatable bonds is 8. The van der Waals surface area contributed by atoms with E-state index in [1.54, 1.807) is 6.07 Å². The summed E-state index contributed by atoms with van der Waals surface area (Å²) in [4.78, 5) is 8.03. The van der Waals surface area contributed by atoms with Gasteiger partial charge in [-0.2, -0.15) is 0 Å². The quantitative estimate of drug-likeness (QED) is 0.399. The highest BCUT2D eigenvalue weighted by molar-refractivity contribution is 5.45. The van der Waals surface area contributed by atoms with Crippen LogP contribution in [-0.2, 0) is 0 Å². The molecule has 0 saturated heterocycles. The standard InChI is InChI=1S/C11H21N5O/c1-2-3-9(4-5-17)7-13-10-6-11(16-12)15-8-14-10/h6,8-9,17H,2-5,7,12H2,1H3,(H2,13,14,15,16). The molecule has 1 atom stereocenters. The molecule has 1 heterocycles. The highest BCUT2D eigenvalue weighted by Crippen LogP contribution is 2.13. The Morgan fingerprint density at radius 3 is 2.76 bits per heavy atom. The Hall–Kier alpha value is -1.40. The van der Waals surface area contributed by atoms with E-state index in [1.807, 2.05) is 0 Å². The minimum absolute atomic E-state index is 0.228. The lowest BCUT2D eigenvalue weighted by Gasteiger charge is -2.16. The van der Waals surface area contributed by atoms with Crippen molar-refractivity contribution in [1.82, 2.24) is 9.97 Å². The molecule has 0 amide bonds. The van der Waals surface area contributed by atoms with E-state index in [-0.39, 0.29) is 6.61 Å². The van der Waals surface area contributed by atoms with Crippen molar-refractivity contribution in [2.45, 2.75) is 26.2 Å². The average Bonchev–Trinajstić information content (AvgIpc) is 2.37. The molecule has 0 aliphatic rings. The number of nitrogen functional groups attached to an aromatic ring is 1. The smallest absolute Gasteiger partial charge is 0.145 e.